The molecule has 0 spiro atoms. The summed E-state index contributed by atoms with van der Waals surface area (Å²) in [7, 11) is 0. The number of benzene rings is 1. The van der Waals surface area contributed by atoms with Crippen LogP contribution in [0.25, 0.3) is 0 Å². The van der Waals surface area contributed by atoms with Crippen molar-refractivity contribution in [1.82, 2.24) is 24.9 Å². The van der Waals surface area contributed by atoms with Gasteiger partial charge in [0.2, 0.25) is 0 Å². The van der Waals surface area contributed by atoms with Crippen molar-refractivity contribution < 1.29 is 4.79 Å². The zero-order valence-electron chi connectivity index (χ0n) is 17.1. The zero-order chi connectivity index (χ0) is 21.1. The molecule has 0 radical (unpaired) electrons. The number of hydrogen-bond donors (Lipinski definition) is 1. The topological polar surface area (TPSA) is 64.7 Å². The van der Waals surface area contributed by atoms with Crippen molar-refractivity contribution in [2.24, 2.45) is 0 Å². The standard InChI is InChI=1S/C21H25BrClN5O/c1-13-19(22)15(3)27(25-13)11-5-10-24-21(29)18-8-6-17(7-9-18)12-28-16(4)20(23)14(2)26-28/h6-9H,5,10-12H2,1-4H3,(H,24,29). The molecular formula is C21H25BrClN5O. The number of nitrogens with one attached hydrogen (secondary N) is 1. The zero-order valence-corrected chi connectivity index (χ0v) is 19.4. The molecule has 0 aliphatic carbocycles. The minimum atomic E-state index is -0.0692. The van der Waals surface area contributed by atoms with Crippen LogP contribution in [0, 0.1) is 27.7 Å². The molecule has 0 unspecified atom stereocenters. The monoisotopic (exact) mass is 477 g/mol. The largest absolute Gasteiger partial charge is 0.352 e. The molecule has 2 aromatic heterocycles. The summed E-state index contributed by atoms with van der Waals surface area (Å²) in [4.78, 5) is 12.4. The third-order valence-electron chi connectivity index (χ3n) is 4.97. The fourth-order valence-corrected chi connectivity index (χ4v) is 3.61. The molecule has 0 saturated carbocycles. The van der Waals surface area contributed by atoms with E-state index in [4.69, 9.17) is 11.6 Å². The lowest BCUT2D eigenvalue weighted by molar-refractivity contribution is 0.0952. The Kier molecular flexibility index (Phi) is 6.80. The van der Waals surface area contributed by atoms with Crippen LogP contribution in [0.3, 0.4) is 0 Å². The van der Waals surface area contributed by atoms with E-state index in [1.165, 1.54) is 0 Å². The second-order valence-electron chi connectivity index (χ2n) is 7.16. The van der Waals surface area contributed by atoms with Crippen molar-refractivity contribution in [3.63, 3.8) is 0 Å². The second-order valence-corrected chi connectivity index (χ2v) is 8.33. The molecule has 6 nitrogen and oxygen atoms in total. The molecule has 3 rings (SSSR count). The molecule has 0 aliphatic rings. The maximum atomic E-state index is 12.4. The van der Waals surface area contributed by atoms with Crippen LogP contribution in [0.15, 0.2) is 28.7 Å². The first-order valence-electron chi connectivity index (χ1n) is 9.54. The van der Waals surface area contributed by atoms with Crippen molar-refractivity contribution >= 4 is 33.4 Å². The molecule has 0 aliphatic heterocycles. The Morgan fingerprint density at radius 3 is 2.24 bits per heavy atom. The first-order chi connectivity index (χ1) is 13.8. The molecule has 0 saturated heterocycles. The lowest BCUT2D eigenvalue weighted by atomic mass is 10.1. The third-order valence-corrected chi connectivity index (χ3v) is 6.66. The molecule has 29 heavy (non-hydrogen) atoms. The number of amides is 1. The SMILES string of the molecule is Cc1nn(Cc2ccc(C(=O)NCCCn3nc(C)c(Br)c3C)cc2)c(C)c1Cl. The van der Waals surface area contributed by atoms with Gasteiger partial charge in [-0.15, -0.1) is 0 Å². The van der Waals surface area contributed by atoms with Gasteiger partial charge in [0, 0.05) is 24.3 Å². The van der Waals surface area contributed by atoms with E-state index in [9.17, 15) is 4.79 Å². The summed E-state index contributed by atoms with van der Waals surface area (Å²) in [5.74, 6) is -0.0692. The van der Waals surface area contributed by atoms with Gasteiger partial charge in [0.25, 0.3) is 5.91 Å². The molecule has 0 bridgehead atoms. The summed E-state index contributed by atoms with van der Waals surface area (Å²) < 4.78 is 4.89. The van der Waals surface area contributed by atoms with Gasteiger partial charge in [-0.3, -0.25) is 14.2 Å². The Hall–Kier alpha value is -2.12. The van der Waals surface area contributed by atoms with Crippen molar-refractivity contribution in [2.75, 3.05) is 6.54 Å². The van der Waals surface area contributed by atoms with Crippen LogP contribution in [0.2, 0.25) is 5.02 Å². The van der Waals surface area contributed by atoms with Crippen LogP contribution in [0.5, 0.6) is 0 Å². The van der Waals surface area contributed by atoms with Crippen molar-refractivity contribution in [2.45, 2.75) is 47.2 Å². The predicted molar refractivity (Wildman–Crippen MR) is 119 cm³/mol. The maximum Gasteiger partial charge on any atom is 0.251 e. The van der Waals surface area contributed by atoms with Crippen LogP contribution >= 0.6 is 27.5 Å². The molecule has 2 heterocycles. The minimum absolute atomic E-state index is 0.0692. The Balaban J connectivity index is 1.51. The summed E-state index contributed by atoms with van der Waals surface area (Å²) in [6, 6.07) is 7.59. The maximum absolute atomic E-state index is 12.4. The van der Waals surface area contributed by atoms with E-state index in [-0.39, 0.29) is 5.91 Å². The van der Waals surface area contributed by atoms with Gasteiger partial charge in [0.1, 0.15) is 0 Å². The molecule has 3 aromatic rings. The van der Waals surface area contributed by atoms with E-state index < -0.39 is 0 Å². The van der Waals surface area contributed by atoms with Gasteiger partial charge >= 0.3 is 0 Å². The van der Waals surface area contributed by atoms with Gasteiger partial charge in [0.15, 0.2) is 0 Å². The number of nitrogens with zero attached hydrogens (tertiary/aromatic N) is 4. The van der Waals surface area contributed by atoms with Crippen LogP contribution in [-0.4, -0.2) is 32.0 Å². The quantitative estimate of drug-likeness (QED) is 0.505. The van der Waals surface area contributed by atoms with Crippen molar-refractivity contribution in [3.8, 4) is 0 Å². The van der Waals surface area contributed by atoms with Crippen LogP contribution in [0.4, 0.5) is 0 Å². The van der Waals surface area contributed by atoms with Crippen molar-refractivity contribution in [3.05, 3.63) is 67.7 Å². The summed E-state index contributed by atoms with van der Waals surface area (Å²) in [5, 5.41) is 12.6. The number of rotatable bonds is 7. The Morgan fingerprint density at radius 2 is 1.69 bits per heavy atom. The highest BCUT2D eigenvalue weighted by Gasteiger charge is 2.11. The van der Waals surface area contributed by atoms with E-state index in [0.29, 0.717) is 23.7 Å². The average molecular weight is 479 g/mol. The van der Waals surface area contributed by atoms with E-state index in [1.807, 2.05) is 61.3 Å². The molecule has 0 fully saturated rings. The predicted octanol–water partition coefficient (Wildman–Crippen LogP) is 4.60. The van der Waals surface area contributed by atoms with E-state index >= 15 is 0 Å². The first-order valence-corrected chi connectivity index (χ1v) is 10.7. The van der Waals surface area contributed by atoms with E-state index in [1.54, 1.807) is 0 Å². The van der Waals surface area contributed by atoms with Crippen LogP contribution in [-0.2, 0) is 13.1 Å². The minimum Gasteiger partial charge on any atom is -0.352 e. The number of carbonyl (C=O) groups excluding carboxylic acids is 1. The third kappa shape index (κ3) is 4.90. The van der Waals surface area contributed by atoms with Crippen LogP contribution < -0.4 is 5.32 Å². The Morgan fingerprint density at radius 1 is 1.03 bits per heavy atom. The highest BCUT2D eigenvalue weighted by atomic mass is 79.9. The van der Waals surface area contributed by atoms with Gasteiger partial charge in [0.05, 0.1) is 33.1 Å². The van der Waals surface area contributed by atoms with Gasteiger partial charge < -0.3 is 5.32 Å². The summed E-state index contributed by atoms with van der Waals surface area (Å²) >= 11 is 9.74. The molecular weight excluding hydrogens is 454 g/mol. The normalized spacial score (nSPS) is 11.1. The van der Waals surface area contributed by atoms with Crippen LogP contribution in [0.1, 0.15) is 45.1 Å². The fraction of sp³-hybridized carbons (Fsp3) is 0.381. The number of hydrogen-bond acceptors (Lipinski definition) is 3. The molecule has 0 atom stereocenters. The smallest absolute Gasteiger partial charge is 0.251 e. The number of carbonyl (C=O) groups is 1. The summed E-state index contributed by atoms with van der Waals surface area (Å²) in [5.41, 5.74) is 5.57. The molecule has 8 heteroatoms. The first kappa shape index (κ1) is 21.6. The van der Waals surface area contributed by atoms with Gasteiger partial charge in [-0.1, -0.05) is 23.7 Å². The summed E-state index contributed by atoms with van der Waals surface area (Å²) in [6.45, 7) is 9.84. The average Bonchev–Trinajstić information content (AvgIpc) is 3.09. The Bertz CT molecular complexity index is 1020. The Labute approximate surface area is 184 Å². The van der Waals surface area contributed by atoms with Gasteiger partial charge in [-0.2, -0.15) is 10.2 Å². The number of aromatic nitrogens is 4. The second kappa shape index (κ2) is 9.13. The highest BCUT2D eigenvalue weighted by Crippen LogP contribution is 2.20. The van der Waals surface area contributed by atoms with E-state index in [2.05, 4.69) is 31.4 Å². The molecule has 1 N–H and O–H groups in total. The molecule has 1 aromatic carbocycles. The molecule has 154 valence electrons. The lowest BCUT2D eigenvalue weighted by Crippen LogP contribution is -2.25. The van der Waals surface area contributed by atoms with Gasteiger partial charge in [-0.25, -0.2) is 0 Å². The number of aryl methyl sites for hydroxylation is 3. The fourth-order valence-electron chi connectivity index (χ4n) is 3.19. The lowest BCUT2D eigenvalue weighted by Gasteiger charge is -2.08. The highest BCUT2D eigenvalue weighted by molar-refractivity contribution is 9.10. The van der Waals surface area contributed by atoms with Gasteiger partial charge in [-0.05, 0) is 67.7 Å². The van der Waals surface area contributed by atoms with Crippen molar-refractivity contribution in [1.29, 1.82) is 0 Å². The molecule has 1 amide bonds. The number of halogens is 2. The summed E-state index contributed by atoms with van der Waals surface area (Å²) in [6.07, 6.45) is 0.816. The van der Waals surface area contributed by atoms with E-state index in [0.717, 1.165) is 45.8 Å².